The van der Waals surface area contributed by atoms with E-state index in [4.69, 9.17) is 0 Å². The van der Waals surface area contributed by atoms with Crippen LogP contribution in [0.3, 0.4) is 0 Å². The van der Waals surface area contributed by atoms with Gasteiger partial charge >= 0.3 is 0 Å². The Labute approximate surface area is 122 Å². The molecule has 0 spiro atoms. The van der Waals surface area contributed by atoms with Gasteiger partial charge in [0.1, 0.15) is 5.82 Å². The molecule has 0 unspecified atom stereocenters. The Morgan fingerprint density at radius 1 is 1.24 bits per heavy atom. The van der Waals surface area contributed by atoms with Crippen molar-refractivity contribution in [3.05, 3.63) is 59.2 Å². The molecule has 2 aromatic heterocycles. The number of pyridine rings is 1. The average Bonchev–Trinajstić information content (AvgIpc) is 2.76. The first-order valence-electron chi connectivity index (χ1n) is 6.87. The standard InChI is InChI=1S/C16H17FN4/c1-11-14-7-12(9-19-16(14)21(2)20-11)8-18-10-13-5-3-4-6-15(13)17/h3-7,9,18H,8,10H2,1-2H3. The van der Waals surface area contributed by atoms with Gasteiger partial charge in [-0.1, -0.05) is 18.2 Å². The predicted molar refractivity (Wildman–Crippen MR) is 80.2 cm³/mol. The summed E-state index contributed by atoms with van der Waals surface area (Å²) in [5.74, 6) is -0.179. The molecule has 0 radical (unpaired) electrons. The summed E-state index contributed by atoms with van der Waals surface area (Å²) in [6.45, 7) is 3.11. The van der Waals surface area contributed by atoms with Crippen molar-refractivity contribution in [2.24, 2.45) is 7.05 Å². The second kappa shape index (κ2) is 5.61. The van der Waals surface area contributed by atoms with E-state index in [9.17, 15) is 4.39 Å². The van der Waals surface area contributed by atoms with Crippen molar-refractivity contribution >= 4 is 11.0 Å². The second-order valence-corrected chi connectivity index (χ2v) is 5.12. The van der Waals surface area contributed by atoms with Gasteiger partial charge in [0, 0.05) is 37.3 Å². The summed E-state index contributed by atoms with van der Waals surface area (Å²) in [4.78, 5) is 4.43. The van der Waals surface area contributed by atoms with Gasteiger partial charge in [0.15, 0.2) is 5.65 Å². The highest BCUT2D eigenvalue weighted by molar-refractivity contribution is 5.78. The molecule has 0 amide bonds. The fourth-order valence-corrected chi connectivity index (χ4v) is 2.43. The molecule has 0 aliphatic rings. The van der Waals surface area contributed by atoms with Gasteiger partial charge in [-0.25, -0.2) is 9.37 Å². The van der Waals surface area contributed by atoms with Crippen molar-refractivity contribution in [1.29, 1.82) is 0 Å². The van der Waals surface area contributed by atoms with E-state index in [0.717, 1.165) is 22.3 Å². The maximum atomic E-state index is 13.5. The Morgan fingerprint density at radius 3 is 2.86 bits per heavy atom. The van der Waals surface area contributed by atoms with E-state index in [1.807, 2.05) is 26.2 Å². The molecule has 21 heavy (non-hydrogen) atoms. The molecule has 0 aliphatic heterocycles. The van der Waals surface area contributed by atoms with E-state index < -0.39 is 0 Å². The molecule has 4 nitrogen and oxygen atoms in total. The molecule has 2 heterocycles. The van der Waals surface area contributed by atoms with Crippen molar-refractivity contribution < 1.29 is 4.39 Å². The lowest BCUT2D eigenvalue weighted by Crippen LogP contribution is -2.13. The molecule has 5 heteroatoms. The fourth-order valence-electron chi connectivity index (χ4n) is 2.43. The van der Waals surface area contributed by atoms with Gasteiger partial charge in [0.25, 0.3) is 0 Å². The van der Waals surface area contributed by atoms with Crippen LogP contribution in [0.4, 0.5) is 4.39 Å². The van der Waals surface area contributed by atoms with E-state index in [2.05, 4.69) is 21.5 Å². The lowest BCUT2D eigenvalue weighted by Gasteiger charge is -2.06. The number of halogens is 1. The monoisotopic (exact) mass is 284 g/mol. The normalized spacial score (nSPS) is 11.2. The Hall–Kier alpha value is -2.27. The Bertz CT molecular complexity index is 779. The lowest BCUT2D eigenvalue weighted by molar-refractivity contribution is 0.588. The molecule has 0 fully saturated rings. The van der Waals surface area contributed by atoms with Crippen LogP contribution in [0, 0.1) is 12.7 Å². The van der Waals surface area contributed by atoms with E-state index in [0.29, 0.717) is 18.7 Å². The minimum Gasteiger partial charge on any atom is -0.308 e. The van der Waals surface area contributed by atoms with Crippen LogP contribution in [0.5, 0.6) is 0 Å². The van der Waals surface area contributed by atoms with Crippen LogP contribution in [0.1, 0.15) is 16.8 Å². The molecule has 0 saturated heterocycles. The Kier molecular flexibility index (Phi) is 3.66. The zero-order chi connectivity index (χ0) is 14.8. The molecular weight excluding hydrogens is 267 g/mol. The van der Waals surface area contributed by atoms with Gasteiger partial charge < -0.3 is 5.32 Å². The molecule has 1 N–H and O–H groups in total. The molecule has 108 valence electrons. The zero-order valence-corrected chi connectivity index (χ0v) is 12.1. The van der Waals surface area contributed by atoms with Crippen molar-refractivity contribution in [1.82, 2.24) is 20.1 Å². The highest BCUT2D eigenvalue weighted by atomic mass is 19.1. The van der Waals surface area contributed by atoms with Gasteiger partial charge in [0.2, 0.25) is 0 Å². The highest BCUT2D eigenvalue weighted by Gasteiger charge is 2.07. The van der Waals surface area contributed by atoms with E-state index in [1.54, 1.807) is 16.8 Å². The van der Waals surface area contributed by atoms with E-state index in [-0.39, 0.29) is 5.82 Å². The number of aryl methyl sites for hydroxylation is 2. The van der Waals surface area contributed by atoms with Gasteiger partial charge in [-0.2, -0.15) is 5.10 Å². The van der Waals surface area contributed by atoms with Crippen LogP contribution in [0.25, 0.3) is 11.0 Å². The quantitative estimate of drug-likeness (QED) is 0.801. The number of rotatable bonds is 4. The smallest absolute Gasteiger partial charge is 0.157 e. The first kappa shape index (κ1) is 13.7. The molecule has 0 atom stereocenters. The first-order chi connectivity index (χ1) is 10.1. The maximum Gasteiger partial charge on any atom is 0.157 e. The van der Waals surface area contributed by atoms with E-state index in [1.165, 1.54) is 6.07 Å². The summed E-state index contributed by atoms with van der Waals surface area (Å²) >= 11 is 0. The minimum atomic E-state index is -0.179. The van der Waals surface area contributed by atoms with Gasteiger partial charge in [-0.05, 0) is 24.6 Å². The topological polar surface area (TPSA) is 42.7 Å². The van der Waals surface area contributed by atoms with E-state index >= 15 is 0 Å². The lowest BCUT2D eigenvalue weighted by atomic mass is 10.2. The van der Waals surface area contributed by atoms with Gasteiger partial charge in [0.05, 0.1) is 5.69 Å². The molecule has 0 aliphatic carbocycles. The number of nitrogens with zero attached hydrogens (tertiary/aromatic N) is 3. The fraction of sp³-hybridized carbons (Fsp3) is 0.250. The number of nitrogens with one attached hydrogen (secondary N) is 1. The Balaban J connectivity index is 1.71. The van der Waals surface area contributed by atoms with Crippen molar-refractivity contribution in [2.75, 3.05) is 0 Å². The summed E-state index contributed by atoms with van der Waals surface area (Å²) < 4.78 is 15.3. The van der Waals surface area contributed by atoms with Gasteiger partial charge in [-0.15, -0.1) is 0 Å². The third kappa shape index (κ3) is 2.78. The van der Waals surface area contributed by atoms with Crippen LogP contribution in [0.15, 0.2) is 36.5 Å². The minimum absolute atomic E-state index is 0.179. The molecule has 3 aromatic rings. The van der Waals surface area contributed by atoms with Crippen LogP contribution in [0.2, 0.25) is 0 Å². The summed E-state index contributed by atoms with van der Waals surface area (Å²) in [6.07, 6.45) is 1.83. The van der Waals surface area contributed by atoms with Gasteiger partial charge in [-0.3, -0.25) is 4.68 Å². The third-order valence-corrected chi connectivity index (χ3v) is 3.52. The highest BCUT2D eigenvalue weighted by Crippen LogP contribution is 2.16. The van der Waals surface area contributed by atoms with Crippen LogP contribution in [-0.2, 0) is 20.1 Å². The summed E-state index contributed by atoms with van der Waals surface area (Å²) in [5, 5.41) is 8.66. The first-order valence-corrected chi connectivity index (χ1v) is 6.87. The van der Waals surface area contributed by atoms with Crippen molar-refractivity contribution in [3.8, 4) is 0 Å². The number of benzene rings is 1. The zero-order valence-electron chi connectivity index (χ0n) is 12.1. The number of fused-ring (bicyclic) bond motifs is 1. The Morgan fingerprint density at radius 2 is 2.05 bits per heavy atom. The van der Waals surface area contributed by atoms with Crippen LogP contribution in [-0.4, -0.2) is 14.8 Å². The van der Waals surface area contributed by atoms with Crippen molar-refractivity contribution in [2.45, 2.75) is 20.0 Å². The maximum absolute atomic E-state index is 13.5. The average molecular weight is 284 g/mol. The summed E-state index contributed by atoms with van der Waals surface area (Å²) in [6, 6.07) is 8.88. The largest absolute Gasteiger partial charge is 0.308 e. The van der Waals surface area contributed by atoms with Crippen LogP contribution >= 0.6 is 0 Å². The molecular formula is C16H17FN4. The molecule has 1 aromatic carbocycles. The number of hydrogen-bond acceptors (Lipinski definition) is 3. The summed E-state index contributed by atoms with van der Waals surface area (Å²) in [7, 11) is 1.89. The SMILES string of the molecule is Cc1nn(C)c2ncc(CNCc3ccccc3F)cc12. The van der Waals surface area contributed by atoms with Crippen molar-refractivity contribution in [3.63, 3.8) is 0 Å². The van der Waals surface area contributed by atoms with Crippen LogP contribution < -0.4 is 5.32 Å². The predicted octanol–water partition coefficient (Wildman–Crippen LogP) is 2.71. The molecule has 3 rings (SSSR count). The summed E-state index contributed by atoms with van der Waals surface area (Å²) in [5.41, 5.74) is 3.58. The molecule has 0 bridgehead atoms. The number of aromatic nitrogens is 3. The molecule has 0 saturated carbocycles. The third-order valence-electron chi connectivity index (χ3n) is 3.52. The number of hydrogen-bond donors (Lipinski definition) is 1. The second-order valence-electron chi connectivity index (χ2n) is 5.12.